The summed E-state index contributed by atoms with van der Waals surface area (Å²) in [6.45, 7) is 12.3. The molecule has 14 aromatic carbocycles. The normalized spacial score (nSPS) is 13.7. The van der Waals surface area contributed by atoms with Crippen molar-refractivity contribution in [1.82, 2.24) is 0 Å². The van der Waals surface area contributed by atoms with Crippen molar-refractivity contribution in [3.05, 3.63) is 271 Å². The predicted octanol–water partition coefficient (Wildman–Crippen LogP) is 22.0. The van der Waals surface area contributed by atoms with Crippen LogP contribution in [0.25, 0.3) is 143 Å². The van der Waals surface area contributed by atoms with Gasteiger partial charge in [-0.1, -0.05) is 246 Å². The van der Waals surface area contributed by atoms with Crippen molar-refractivity contribution in [2.75, 3.05) is 6.61 Å². The third-order valence-corrected chi connectivity index (χ3v) is 18.6. The van der Waals surface area contributed by atoms with Gasteiger partial charge in [-0.25, -0.2) is 0 Å². The first kappa shape index (κ1) is 47.4. The van der Waals surface area contributed by atoms with E-state index in [0.29, 0.717) is 6.61 Å². The van der Waals surface area contributed by atoms with Crippen molar-refractivity contribution >= 4 is 64.6 Å². The minimum Gasteiger partial charge on any atom is -0.494 e. The summed E-state index contributed by atoms with van der Waals surface area (Å²) in [4.78, 5) is 0. The molecule has 0 atom stereocenters. The van der Waals surface area contributed by atoms with Gasteiger partial charge in [0.2, 0.25) is 0 Å². The highest BCUT2D eigenvalue weighted by molar-refractivity contribution is 6.30. The Morgan fingerprint density at radius 1 is 0.247 bits per heavy atom. The molecular formula is C80H58O. The molecule has 2 aliphatic rings. The van der Waals surface area contributed by atoms with E-state index in [1.54, 1.807) is 0 Å². The Balaban J connectivity index is 0.852. The van der Waals surface area contributed by atoms with Crippen LogP contribution in [-0.2, 0) is 10.8 Å². The Morgan fingerprint density at radius 3 is 0.815 bits per heavy atom. The maximum Gasteiger partial charge on any atom is 0.119 e. The Morgan fingerprint density at radius 2 is 0.494 bits per heavy atom. The molecule has 2 aliphatic carbocycles. The minimum absolute atomic E-state index is 0.104. The van der Waals surface area contributed by atoms with Crippen LogP contribution in [0.4, 0.5) is 0 Å². The monoisotopic (exact) mass is 1030 g/mol. The van der Waals surface area contributed by atoms with Crippen LogP contribution in [0.15, 0.2) is 249 Å². The van der Waals surface area contributed by atoms with E-state index in [4.69, 9.17) is 4.74 Å². The van der Waals surface area contributed by atoms with Crippen LogP contribution in [0, 0.1) is 0 Å². The number of benzene rings is 14. The van der Waals surface area contributed by atoms with Gasteiger partial charge in [-0.2, -0.15) is 0 Å². The van der Waals surface area contributed by atoms with Gasteiger partial charge in [-0.05, 0) is 202 Å². The molecule has 384 valence electrons. The fourth-order valence-corrected chi connectivity index (χ4v) is 15.0. The highest BCUT2D eigenvalue weighted by Crippen LogP contribution is 2.56. The van der Waals surface area contributed by atoms with Crippen molar-refractivity contribution in [2.45, 2.75) is 45.4 Å². The molecule has 0 spiro atoms. The van der Waals surface area contributed by atoms with E-state index in [2.05, 4.69) is 276 Å². The Labute approximate surface area is 473 Å². The lowest BCUT2D eigenvalue weighted by Crippen LogP contribution is -2.15. The quantitative estimate of drug-likeness (QED) is 0.145. The molecule has 16 rings (SSSR count). The molecule has 1 heteroatoms. The van der Waals surface area contributed by atoms with Crippen molar-refractivity contribution in [3.8, 4) is 83.6 Å². The molecule has 0 bridgehead atoms. The van der Waals surface area contributed by atoms with Crippen LogP contribution in [0.1, 0.15) is 56.9 Å². The van der Waals surface area contributed by atoms with Crippen LogP contribution in [0.2, 0.25) is 0 Å². The fourth-order valence-electron chi connectivity index (χ4n) is 15.0. The van der Waals surface area contributed by atoms with E-state index in [1.165, 1.54) is 165 Å². The van der Waals surface area contributed by atoms with Crippen LogP contribution in [0.5, 0.6) is 5.75 Å². The number of fused-ring (bicyclic) bond motifs is 12. The number of hydrogen-bond acceptors (Lipinski definition) is 1. The molecule has 0 heterocycles. The summed E-state index contributed by atoms with van der Waals surface area (Å²) in [5.41, 5.74) is 23.0. The lowest BCUT2D eigenvalue weighted by Gasteiger charge is -2.25. The number of hydrogen-bond donors (Lipinski definition) is 0. The SMILES string of the molecule is CCOc1ccc(-c2c3ccccc3c(-c3ccc4c(c3)C(C)(C)c3cc(-c5c6ccccc6c(-c6c7ccccc7c(-c7ccc8c(c7)C(C)(C)c7ccccc7-8)c7ccccc67)c6ccccc56)ccc3-4)c3ccccc23)cc1. The second-order valence-corrected chi connectivity index (χ2v) is 23.6. The molecule has 0 N–H and O–H groups in total. The summed E-state index contributed by atoms with van der Waals surface area (Å²) in [5.74, 6) is 0.891. The highest BCUT2D eigenvalue weighted by atomic mass is 16.5. The average molecular weight is 1040 g/mol. The molecular weight excluding hydrogens is 977 g/mol. The van der Waals surface area contributed by atoms with Crippen LogP contribution < -0.4 is 4.74 Å². The smallest absolute Gasteiger partial charge is 0.119 e. The Bertz CT molecular complexity index is 4820. The second-order valence-electron chi connectivity index (χ2n) is 23.6. The van der Waals surface area contributed by atoms with Crippen molar-refractivity contribution in [2.24, 2.45) is 0 Å². The van der Waals surface area contributed by atoms with E-state index < -0.39 is 0 Å². The zero-order valence-electron chi connectivity index (χ0n) is 46.3. The summed E-state index contributed by atoms with van der Waals surface area (Å²) < 4.78 is 5.86. The van der Waals surface area contributed by atoms with Crippen molar-refractivity contribution in [1.29, 1.82) is 0 Å². The minimum atomic E-state index is -0.270. The molecule has 0 fully saturated rings. The van der Waals surface area contributed by atoms with E-state index in [9.17, 15) is 0 Å². The van der Waals surface area contributed by atoms with Gasteiger partial charge in [0.05, 0.1) is 6.61 Å². The van der Waals surface area contributed by atoms with Crippen LogP contribution in [-0.4, -0.2) is 6.61 Å². The average Bonchev–Trinajstić information content (AvgIpc) is 3.98. The van der Waals surface area contributed by atoms with Crippen molar-refractivity contribution in [3.63, 3.8) is 0 Å². The first-order chi connectivity index (χ1) is 39.7. The van der Waals surface area contributed by atoms with E-state index in [0.717, 1.165) is 5.75 Å². The first-order valence-corrected chi connectivity index (χ1v) is 28.8. The van der Waals surface area contributed by atoms with Crippen LogP contribution in [0.3, 0.4) is 0 Å². The summed E-state index contributed by atoms with van der Waals surface area (Å²) in [6.07, 6.45) is 0. The maximum absolute atomic E-state index is 5.86. The summed E-state index contributed by atoms with van der Waals surface area (Å²) in [5, 5.41) is 15.1. The molecule has 81 heavy (non-hydrogen) atoms. The molecule has 1 nitrogen and oxygen atoms in total. The number of rotatable bonds is 7. The van der Waals surface area contributed by atoms with Gasteiger partial charge in [0.1, 0.15) is 5.75 Å². The number of ether oxygens (including phenoxy) is 1. The zero-order chi connectivity index (χ0) is 54.3. The third kappa shape index (κ3) is 6.85. The standard InChI is InChI=1S/C80H58O/c1-6-81-52-40-35-48(36-41-52)73-57-22-7-9-24-59(57)74(60-25-10-8-23-58(60)73)50-38-43-55-56-44-39-51(47-72(56)80(4,5)71(55)46-50)76-63-28-13-17-32-67(63)78(68-33-18-14-29-64(68)76)77-65-30-15-11-26-61(65)75(62-27-12-16-31-66(62)77)49-37-42-54-53-21-19-20-34-69(53)79(2,3)70(54)45-49/h7-47H,6H2,1-5H3. The van der Waals surface area contributed by atoms with E-state index in [1.807, 2.05) is 6.92 Å². The summed E-state index contributed by atoms with van der Waals surface area (Å²) in [7, 11) is 0. The van der Waals surface area contributed by atoms with Gasteiger partial charge in [-0.3, -0.25) is 0 Å². The van der Waals surface area contributed by atoms with E-state index in [-0.39, 0.29) is 10.8 Å². The Hall–Kier alpha value is -9.56. The lowest BCUT2D eigenvalue weighted by atomic mass is 9.78. The first-order valence-electron chi connectivity index (χ1n) is 28.8. The third-order valence-electron chi connectivity index (χ3n) is 18.6. The lowest BCUT2D eigenvalue weighted by molar-refractivity contribution is 0.340. The topological polar surface area (TPSA) is 9.23 Å². The molecule has 0 radical (unpaired) electrons. The van der Waals surface area contributed by atoms with Gasteiger partial charge in [0.15, 0.2) is 0 Å². The molecule has 0 saturated heterocycles. The predicted molar refractivity (Wildman–Crippen MR) is 345 cm³/mol. The van der Waals surface area contributed by atoms with Gasteiger partial charge in [0.25, 0.3) is 0 Å². The molecule has 14 aromatic rings. The Kier molecular flexibility index (Phi) is 10.4. The summed E-state index contributed by atoms with van der Waals surface area (Å²) >= 11 is 0. The molecule has 0 saturated carbocycles. The van der Waals surface area contributed by atoms with Crippen molar-refractivity contribution < 1.29 is 4.74 Å². The molecule has 0 aliphatic heterocycles. The van der Waals surface area contributed by atoms with Gasteiger partial charge >= 0.3 is 0 Å². The van der Waals surface area contributed by atoms with Gasteiger partial charge < -0.3 is 4.74 Å². The van der Waals surface area contributed by atoms with Gasteiger partial charge in [-0.15, -0.1) is 0 Å². The fraction of sp³-hybridized carbons (Fsp3) is 0.100. The maximum atomic E-state index is 5.86. The molecule has 0 aromatic heterocycles. The molecule has 0 unspecified atom stereocenters. The molecule has 0 amide bonds. The van der Waals surface area contributed by atoms with Crippen LogP contribution >= 0.6 is 0 Å². The van der Waals surface area contributed by atoms with E-state index >= 15 is 0 Å². The summed E-state index contributed by atoms with van der Waals surface area (Å²) in [6, 6.07) is 94.0. The second kappa shape index (κ2) is 17.7. The largest absolute Gasteiger partial charge is 0.494 e. The zero-order valence-corrected chi connectivity index (χ0v) is 46.3. The highest BCUT2D eigenvalue weighted by Gasteiger charge is 2.38. The van der Waals surface area contributed by atoms with Gasteiger partial charge in [0, 0.05) is 10.8 Å².